The second kappa shape index (κ2) is 9.74. The molecule has 1 saturated heterocycles. The van der Waals surface area contributed by atoms with E-state index in [0.29, 0.717) is 37.1 Å². The molecule has 1 fully saturated rings. The molecule has 166 valence electrons. The minimum absolute atomic E-state index is 0.0189. The fraction of sp³-hybridized carbons (Fsp3) is 0.318. The second-order valence-corrected chi connectivity index (χ2v) is 7.21. The van der Waals surface area contributed by atoms with Gasteiger partial charge in [0.05, 0.1) is 5.69 Å². The fourth-order valence-electron chi connectivity index (χ4n) is 3.37. The summed E-state index contributed by atoms with van der Waals surface area (Å²) < 4.78 is 47.1. The molecule has 3 rings (SSSR count). The largest absolute Gasteiger partial charge is 0.507 e. The third kappa shape index (κ3) is 5.91. The number of aromatic hydroxyl groups is 1. The van der Waals surface area contributed by atoms with Crippen LogP contribution in [-0.4, -0.2) is 36.7 Å². The summed E-state index contributed by atoms with van der Waals surface area (Å²) in [5, 5.41) is 23.3. The van der Waals surface area contributed by atoms with Crippen molar-refractivity contribution in [1.29, 1.82) is 5.41 Å². The van der Waals surface area contributed by atoms with Crippen molar-refractivity contribution in [2.75, 3.05) is 25.0 Å². The molecule has 0 aromatic heterocycles. The average molecular weight is 434 g/mol. The van der Waals surface area contributed by atoms with Crippen LogP contribution in [0.2, 0.25) is 0 Å². The van der Waals surface area contributed by atoms with Crippen molar-refractivity contribution in [3.05, 3.63) is 59.2 Å². The molecule has 2 aromatic carbocycles. The number of amidine groups is 1. The summed E-state index contributed by atoms with van der Waals surface area (Å²) in [6.45, 7) is 1.52. The van der Waals surface area contributed by atoms with Crippen LogP contribution in [0.4, 0.5) is 18.9 Å². The van der Waals surface area contributed by atoms with Gasteiger partial charge in [0.2, 0.25) is 0 Å². The van der Waals surface area contributed by atoms with E-state index < -0.39 is 11.7 Å². The average Bonchev–Trinajstić information content (AvgIpc) is 2.72. The third-order valence-corrected chi connectivity index (χ3v) is 4.94. The summed E-state index contributed by atoms with van der Waals surface area (Å²) >= 11 is 0. The number of ether oxygens (including phenoxy) is 1. The van der Waals surface area contributed by atoms with E-state index >= 15 is 0 Å². The van der Waals surface area contributed by atoms with Gasteiger partial charge in [-0.2, -0.15) is 13.2 Å². The maximum Gasteiger partial charge on any atom is 0.421 e. The highest BCUT2D eigenvalue weighted by molar-refractivity contribution is 5.95. The van der Waals surface area contributed by atoms with Crippen LogP contribution in [0.5, 0.6) is 11.5 Å². The molecular formula is C22H25F3N4O2. The number of rotatable bonds is 7. The summed E-state index contributed by atoms with van der Waals surface area (Å²) in [6, 6.07) is 8.68. The van der Waals surface area contributed by atoms with Gasteiger partial charge in [0.1, 0.15) is 29.0 Å². The summed E-state index contributed by atoms with van der Waals surface area (Å²) in [5.41, 5.74) is 5.38. The summed E-state index contributed by atoms with van der Waals surface area (Å²) in [4.78, 5) is 0. The van der Waals surface area contributed by atoms with E-state index in [9.17, 15) is 18.3 Å². The number of piperidine rings is 1. The van der Waals surface area contributed by atoms with Crippen LogP contribution in [0.3, 0.4) is 0 Å². The van der Waals surface area contributed by atoms with Crippen molar-refractivity contribution in [1.82, 2.24) is 5.32 Å². The lowest BCUT2D eigenvalue weighted by Gasteiger charge is -2.26. The van der Waals surface area contributed by atoms with Crippen molar-refractivity contribution >= 4 is 17.6 Å². The Hall–Kier alpha value is -3.20. The van der Waals surface area contributed by atoms with Gasteiger partial charge < -0.3 is 26.2 Å². The van der Waals surface area contributed by atoms with Gasteiger partial charge in [-0.05, 0) is 56.3 Å². The van der Waals surface area contributed by atoms with Gasteiger partial charge >= 0.3 is 6.18 Å². The van der Waals surface area contributed by atoms with E-state index in [4.69, 9.17) is 15.9 Å². The fourth-order valence-corrected chi connectivity index (χ4v) is 3.37. The van der Waals surface area contributed by atoms with Gasteiger partial charge in [-0.15, -0.1) is 0 Å². The number of anilines is 1. The van der Waals surface area contributed by atoms with Crippen LogP contribution >= 0.6 is 0 Å². The van der Waals surface area contributed by atoms with Gasteiger partial charge in [0.25, 0.3) is 0 Å². The van der Waals surface area contributed by atoms with E-state index in [1.807, 2.05) is 0 Å². The third-order valence-electron chi connectivity index (χ3n) is 4.94. The van der Waals surface area contributed by atoms with E-state index in [1.165, 1.54) is 36.4 Å². The Morgan fingerprint density at radius 2 is 2.00 bits per heavy atom. The quantitative estimate of drug-likeness (QED) is 0.335. The zero-order valence-corrected chi connectivity index (χ0v) is 16.8. The topological polar surface area (TPSA) is 103 Å². The van der Waals surface area contributed by atoms with Crippen LogP contribution in [0, 0.1) is 5.41 Å². The number of nitrogen functional groups attached to an aromatic ring is 1. The predicted molar refractivity (Wildman–Crippen MR) is 115 cm³/mol. The van der Waals surface area contributed by atoms with Crippen molar-refractivity contribution in [3.63, 3.8) is 0 Å². The molecule has 0 unspecified atom stereocenters. The maximum atomic E-state index is 13.8. The lowest BCUT2D eigenvalue weighted by Crippen LogP contribution is -2.34. The number of hydrogen-bond donors (Lipinski definition) is 5. The van der Waals surface area contributed by atoms with Crippen LogP contribution < -0.4 is 21.1 Å². The van der Waals surface area contributed by atoms with Crippen molar-refractivity contribution in [2.45, 2.75) is 25.1 Å². The monoisotopic (exact) mass is 434 g/mol. The lowest BCUT2D eigenvalue weighted by atomic mass is 10.1. The van der Waals surface area contributed by atoms with Crippen LogP contribution in [0.25, 0.3) is 6.08 Å². The normalized spacial score (nSPS) is 15.2. The highest BCUT2D eigenvalue weighted by Crippen LogP contribution is 2.42. The molecule has 1 heterocycles. The molecule has 1 aliphatic rings. The molecule has 1 aliphatic heterocycles. The molecular weight excluding hydrogens is 409 g/mol. The Bertz CT molecular complexity index is 954. The van der Waals surface area contributed by atoms with Crippen LogP contribution in [0.15, 0.2) is 42.5 Å². The number of hydrogen-bond acceptors (Lipinski definition) is 5. The van der Waals surface area contributed by atoms with E-state index in [-0.39, 0.29) is 35.7 Å². The second-order valence-electron chi connectivity index (χ2n) is 7.21. The first kappa shape index (κ1) is 22.5. The van der Waals surface area contributed by atoms with Gasteiger partial charge in [0.15, 0.2) is 0 Å². The van der Waals surface area contributed by atoms with Crippen molar-refractivity contribution in [3.8, 4) is 11.5 Å². The molecule has 0 saturated carbocycles. The molecule has 0 radical (unpaired) electrons. The number of halogens is 3. The van der Waals surface area contributed by atoms with Gasteiger partial charge in [-0.3, -0.25) is 5.41 Å². The first-order valence-electron chi connectivity index (χ1n) is 9.91. The van der Waals surface area contributed by atoms with Crippen molar-refractivity contribution in [2.24, 2.45) is 5.73 Å². The van der Waals surface area contributed by atoms with E-state index in [0.717, 1.165) is 0 Å². The minimum atomic E-state index is -4.58. The van der Waals surface area contributed by atoms with Gasteiger partial charge in [-0.25, -0.2) is 0 Å². The highest BCUT2D eigenvalue weighted by Gasteiger charge is 2.38. The maximum absolute atomic E-state index is 13.8. The standard InChI is InChI=1S/C22H25F3N4O2/c23-22(24,25)20-17(4-1-5-19(20)31-16-8-11-28-12-9-16)29-10-2-3-14-13-15(21(26)27)6-7-18(14)30/h1-7,13,16,28-30H,8-12H2,(H3,26,27)/b3-2+. The Balaban J connectivity index is 1.75. The molecule has 0 aliphatic carbocycles. The molecule has 0 spiro atoms. The molecule has 9 heteroatoms. The first-order valence-corrected chi connectivity index (χ1v) is 9.91. The SMILES string of the molecule is N=C(N)c1ccc(O)c(/C=C/CNc2cccc(OC3CCNCC3)c2C(F)(F)F)c1. The molecule has 6 N–H and O–H groups in total. The Labute approximate surface area is 178 Å². The summed E-state index contributed by atoms with van der Waals surface area (Å²) in [6.07, 6.45) is -0.393. The summed E-state index contributed by atoms with van der Waals surface area (Å²) in [5.74, 6) is -0.345. The predicted octanol–water partition coefficient (Wildman–Crippen LogP) is 3.95. The van der Waals surface area contributed by atoms with E-state index in [2.05, 4.69) is 10.6 Å². The smallest absolute Gasteiger partial charge is 0.421 e. The molecule has 31 heavy (non-hydrogen) atoms. The number of benzene rings is 2. The highest BCUT2D eigenvalue weighted by atomic mass is 19.4. The van der Waals surface area contributed by atoms with Crippen LogP contribution in [0.1, 0.15) is 29.5 Å². The van der Waals surface area contributed by atoms with Crippen LogP contribution in [-0.2, 0) is 6.18 Å². The first-order chi connectivity index (χ1) is 14.8. The molecule has 6 nitrogen and oxygen atoms in total. The minimum Gasteiger partial charge on any atom is -0.507 e. The number of nitrogens with two attached hydrogens (primary N) is 1. The van der Waals surface area contributed by atoms with Gasteiger partial charge in [-0.1, -0.05) is 18.2 Å². The summed E-state index contributed by atoms with van der Waals surface area (Å²) in [7, 11) is 0. The Morgan fingerprint density at radius 3 is 2.68 bits per heavy atom. The Kier molecular flexibility index (Phi) is 7.06. The molecule has 0 bridgehead atoms. The Morgan fingerprint density at radius 1 is 1.26 bits per heavy atom. The zero-order chi connectivity index (χ0) is 22.4. The number of phenolic OH excluding ortho intramolecular Hbond substituents is 1. The van der Waals surface area contributed by atoms with Gasteiger partial charge in [0, 0.05) is 17.7 Å². The lowest BCUT2D eigenvalue weighted by molar-refractivity contribution is -0.138. The molecule has 0 amide bonds. The zero-order valence-electron chi connectivity index (χ0n) is 16.8. The van der Waals surface area contributed by atoms with Crippen molar-refractivity contribution < 1.29 is 23.0 Å². The molecule has 0 atom stereocenters. The number of nitrogens with one attached hydrogen (secondary N) is 3. The molecule has 2 aromatic rings. The number of phenols is 1. The van der Waals surface area contributed by atoms with E-state index in [1.54, 1.807) is 12.2 Å². The number of alkyl halides is 3.